The van der Waals surface area contributed by atoms with Crippen molar-refractivity contribution < 1.29 is 28.3 Å². The third-order valence-electron chi connectivity index (χ3n) is 7.10. The van der Waals surface area contributed by atoms with Crippen LogP contribution in [0.15, 0.2) is 28.8 Å². The summed E-state index contributed by atoms with van der Waals surface area (Å²) in [6.07, 6.45) is 3.89. The van der Waals surface area contributed by atoms with Crippen LogP contribution in [-0.4, -0.2) is 45.9 Å². The lowest BCUT2D eigenvalue weighted by molar-refractivity contribution is -0.132. The Hall–Kier alpha value is -2.65. The predicted octanol–water partition coefficient (Wildman–Crippen LogP) is 3.09. The number of carbonyl (C=O) groups excluding carboxylic acids is 2. The van der Waals surface area contributed by atoms with Gasteiger partial charge in [0.05, 0.1) is 22.4 Å². The molecule has 4 saturated carbocycles. The fourth-order valence-corrected chi connectivity index (χ4v) is 5.08. The van der Waals surface area contributed by atoms with E-state index in [0.717, 1.165) is 24.6 Å². The van der Waals surface area contributed by atoms with E-state index in [-0.39, 0.29) is 29.0 Å². The highest BCUT2D eigenvalue weighted by Crippen LogP contribution is 2.47. The number of aliphatic hydroxyl groups is 1. The number of halogens is 2. The number of fused-ring (bicyclic) bond motifs is 3. The van der Waals surface area contributed by atoms with Crippen molar-refractivity contribution in [3.8, 4) is 5.75 Å². The second-order valence-corrected chi connectivity index (χ2v) is 9.82. The van der Waals surface area contributed by atoms with E-state index in [1.165, 1.54) is 12.1 Å². The first-order chi connectivity index (χ1) is 15.8. The largest absolute Gasteiger partial charge is 0.484 e. The standard InChI is InChI=1S/C23H25ClFN3O5/c24-15-4-3-14(9-16(15)25)32-12-20(30)26-23-7-5-22(6-8-23,11-19(23)29)27-21(31)18-10-17(28-33-18)13-1-2-13/h3-4,9-10,13,19,29H,1-2,5-8,11-12H2,(H,26,30)(H,27,31). The van der Waals surface area contributed by atoms with Crippen LogP contribution in [0.3, 0.4) is 0 Å². The first kappa shape index (κ1) is 22.2. The zero-order valence-corrected chi connectivity index (χ0v) is 18.7. The first-order valence-corrected chi connectivity index (χ1v) is 11.5. The Balaban J connectivity index is 1.17. The SMILES string of the molecule is O=C(COc1ccc(Cl)c(F)c1)NC12CCC(NC(=O)c3cc(C4CC4)no3)(CC1)CC2O. The summed E-state index contributed by atoms with van der Waals surface area (Å²) in [7, 11) is 0. The van der Waals surface area contributed by atoms with E-state index in [2.05, 4.69) is 15.8 Å². The summed E-state index contributed by atoms with van der Waals surface area (Å²) in [5.74, 6) is -0.591. The maximum absolute atomic E-state index is 13.5. The number of aromatic nitrogens is 1. The average molecular weight is 478 g/mol. The van der Waals surface area contributed by atoms with Gasteiger partial charge in [0.25, 0.3) is 11.8 Å². The molecule has 1 heterocycles. The Morgan fingerprint density at radius 1 is 1.21 bits per heavy atom. The molecule has 4 aliphatic rings. The molecule has 2 bridgehead atoms. The summed E-state index contributed by atoms with van der Waals surface area (Å²) in [6, 6.07) is 5.65. The monoisotopic (exact) mass is 477 g/mol. The van der Waals surface area contributed by atoms with E-state index in [4.69, 9.17) is 20.9 Å². The molecular weight excluding hydrogens is 453 g/mol. The lowest BCUT2D eigenvalue weighted by atomic mass is 9.60. The average Bonchev–Trinajstić information content (AvgIpc) is 3.52. The van der Waals surface area contributed by atoms with Crippen molar-refractivity contribution in [2.45, 2.75) is 68.0 Å². The number of hydrogen-bond acceptors (Lipinski definition) is 6. The van der Waals surface area contributed by atoms with Crippen LogP contribution >= 0.6 is 11.6 Å². The Morgan fingerprint density at radius 2 is 1.97 bits per heavy atom. The van der Waals surface area contributed by atoms with Gasteiger partial charge in [0, 0.05) is 23.6 Å². The van der Waals surface area contributed by atoms with Crippen LogP contribution in [0.25, 0.3) is 0 Å². The van der Waals surface area contributed by atoms with Crippen LogP contribution in [0, 0.1) is 5.82 Å². The third kappa shape index (κ3) is 4.44. The van der Waals surface area contributed by atoms with Gasteiger partial charge in [-0.15, -0.1) is 0 Å². The third-order valence-corrected chi connectivity index (χ3v) is 7.40. The smallest absolute Gasteiger partial charge is 0.290 e. The van der Waals surface area contributed by atoms with Crippen molar-refractivity contribution in [2.24, 2.45) is 0 Å². The minimum atomic E-state index is -0.825. The summed E-state index contributed by atoms with van der Waals surface area (Å²) < 4.78 is 24.1. The summed E-state index contributed by atoms with van der Waals surface area (Å²) in [5, 5.41) is 20.8. The van der Waals surface area contributed by atoms with Crippen molar-refractivity contribution >= 4 is 23.4 Å². The molecule has 2 amide bonds. The number of benzene rings is 1. The van der Waals surface area contributed by atoms with Gasteiger partial charge in [-0.2, -0.15) is 0 Å². The minimum Gasteiger partial charge on any atom is -0.484 e. The molecule has 10 heteroatoms. The Morgan fingerprint density at radius 3 is 2.64 bits per heavy atom. The molecule has 176 valence electrons. The molecular formula is C23H25ClFN3O5. The van der Waals surface area contributed by atoms with Crippen molar-refractivity contribution in [3.63, 3.8) is 0 Å². The van der Waals surface area contributed by atoms with Gasteiger partial charge in [-0.3, -0.25) is 9.59 Å². The second kappa shape index (κ2) is 8.29. The van der Waals surface area contributed by atoms with E-state index in [0.29, 0.717) is 38.0 Å². The maximum atomic E-state index is 13.5. The van der Waals surface area contributed by atoms with E-state index in [1.807, 2.05) is 0 Å². The lowest BCUT2D eigenvalue weighted by Gasteiger charge is -2.56. The molecule has 1 aromatic carbocycles. The fourth-order valence-electron chi connectivity index (χ4n) is 4.96. The molecule has 4 fully saturated rings. The molecule has 0 saturated heterocycles. The van der Waals surface area contributed by atoms with Crippen LogP contribution in [0.1, 0.15) is 67.1 Å². The quantitative estimate of drug-likeness (QED) is 0.564. The van der Waals surface area contributed by atoms with Crippen LogP contribution in [0.2, 0.25) is 5.02 Å². The van der Waals surface area contributed by atoms with Gasteiger partial charge in [0.1, 0.15) is 11.6 Å². The number of ether oxygens (including phenoxy) is 1. The van der Waals surface area contributed by atoms with Gasteiger partial charge in [0.15, 0.2) is 6.61 Å². The molecule has 1 unspecified atom stereocenters. The summed E-state index contributed by atoms with van der Waals surface area (Å²) in [4.78, 5) is 25.2. The fraction of sp³-hybridized carbons (Fsp3) is 0.522. The summed E-state index contributed by atoms with van der Waals surface area (Å²) in [6.45, 7) is -0.313. The minimum absolute atomic E-state index is 0.0273. The zero-order chi connectivity index (χ0) is 23.2. The summed E-state index contributed by atoms with van der Waals surface area (Å²) >= 11 is 5.65. The molecule has 3 N–H and O–H groups in total. The van der Waals surface area contributed by atoms with E-state index in [9.17, 15) is 19.1 Å². The molecule has 0 spiro atoms. The number of aliphatic hydroxyl groups excluding tert-OH is 1. The number of carbonyl (C=O) groups is 2. The molecule has 0 radical (unpaired) electrons. The second-order valence-electron chi connectivity index (χ2n) is 9.41. The highest BCUT2D eigenvalue weighted by Gasteiger charge is 2.55. The number of rotatable bonds is 7. The maximum Gasteiger partial charge on any atom is 0.290 e. The molecule has 1 aromatic heterocycles. The number of amides is 2. The Bertz CT molecular complexity index is 1080. The van der Waals surface area contributed by atoms with Crippen molar-refractivity contribution in [3.05, 3.63) is 46.6 Å². The zero-order valence-electron chi connectivity index (χ0n) is 17.9. The van der Waals surface area contributed by atoms with Gasteiger partial charge in [-0.25, -0.2) is 4.39 Å². The molecule has 8 nitrogen and oxygen atoms in total. The first-order valence-electron chi connectivity index (χ1n) is 11.1. The van der Waals surface area contributed by atoms with Gasteiger partial charge in [-0.1, -0.05) is 16.8 Å². The molecule has 0 aliphatic heterocycles. The highest BCUT2D eigenvalue weighted by atomic mass is 35.5. The van der Waals surface area contributed by atoms with Gasteiger partial charge in [-0.05, 0) is 57.1 Å². The number of nitrogens with one attached hydrogen (secondary N) is 2. The summed E-state index contributed by atoms with van der Waals surface area (Å²) in [5.41, 5.74) is -0.508. The molecule has 33 heavy (non-hydrogen) atoms. The van der Waals surface area contributed by atoms with Gasteiger partial charge < -0.3 is 25.0 Å². The predicted molar refractivity (Wildman–Crippen MR) is 116 cm³/mol. The number of hydrogen-bond donors (Lipinski definition) is 3. The van der Waals surface area contributed by atoms with E-state index in [1.54, 1.807) is 6.07 Å². The van der Waals surface area contributed by atoms with Crippen LogP contribution in [0.5, 0.6) is 5.75 Å². The van der Waals surface area contributed by atoms with Crippen LogP contribution in [0.4, 0.5) is 4.39 Å². The normalized spacial score (nSPS) is 28.4. The van der Waals surface area contributed by atoms with Crippen molar-refractivity contribution in [1.82, 2.24) is 15.8 Å². The Labute approximate surface area is 194 Å². The molecule has 2 aromatic rings. The van der Waals surface area contributed by atoms with E-state index < -0.39 is 28.9 Å². The van der Waals surface area contributed by atoms with Crippen molar-refractivity contribution in [1.29, 1.82) is 0 Å². The molecule has 1 atom stereocenters. The Kier molecular flexibility index (Phi) is 5.56. The highest BCUT2D eigenvalue weighted by molar-refractivity contribution is 6.30. The van der Waals surface area contributed by atoms with Crippen LogP contribution < -0.4 is 15.4 Å². The molecule has 4 aliphatic carbocycles. The number of nitrogens with zero attached hydrogens (tertiary/aromatic N) is 1. The van der Waals surface area contributed by atoms with E-state index >= 15 is 0 Å². The van der Waals surface area contributed by atoms with Crippen LogP contribution in [-0.2, 0) is 4.79 Å². The topological polar surface area (TPSA) is 114 Å². The lowest BCUT2D eigenvalue weighted by Crippen LogP contribution is -2.70. The van der Waals surface area contributed by atoms with Crippen molar-refractivity contribution in [2.75, 3.05) is 6.61 Å². The van der Waals surface area contributed by atoms with Gasteiger partial charge >= 0.3 is 0 Å². The molecule has 6 rings (SSSR count). The van der Waals surface area contributed by atoms with Gasteiger partial charge in [0.2, 0.25) is 5.76 Å².